The second kappa shape index (κ2) is 7.01. The molecule has 3 heterocycles. The number of pyridine rings is 1. The number of amides is 2. The molecule has 0 radical (unpaired) electrons. The number of likely N-dealkylation sites (N-methyl/N-ethyl adjacent to an activating group) is 1. The van der Waals surface area contributed by atoms with Gasteiger partial charge in [0, 0.05) is 25.9 Å². The Morgan fingerprint density at radius 1 is 1.41 bits per heavy atom. The van der Waals surface area contributed by atoms with E-state index in [2.05, 4.69) is 4.98 Å². The lowest BCUT2D eigenvalue weighted by Crippen LogP contribution is -2.66. The monoisotopic (exact) mass is 409 g/mol. The van der Waals surface area contributed by atoms with Crippen molar-refractivity contribution in [3.8, 4) is 0 Å². The third-order valence-corrected chi connectivity index (χ3v) is 7.85. The fourth-order valence-electron chi connectivity index (χ4n) is 4.19. The Kier molecular flexibility index (Phi) is 5.20. The van der Waals surface area contributed by atoms with Crippen LogP contribution in [-0.2, 0) is 19.1 Å². The molecular weight excluding hydrogens is 386 g/mol. The van der Waals surface area contributed by atoms with E-state index >= 15 is 0 Å². The van der Waals surface area contributed by atoms with Gasteiger partial charge in [0.05, 0.1) is 18.6 Å². The number of ether oxygens (including phenoxy) is 1. The Labute approximate surface area is 166 Å². The highest BCUT2D eigenvalue weighted by Crippen LogP contribution is 2.62. The van der Waals surface area contributed by atoms with Crippen LogP contribution in [0.1, 0.15) is 31.9 Å². The summed E-state index contributed by atoms with van der Waals surface area (Å²) in [4.78, 5) is 45.7. The van der Waals surface area contributed by atoms with Gasteiger partial charge in [0.15, 0.2) is 4.87 Å². The summed E-state index contributed by atoms with van der Waals surface area (Å²) in [5, 5.41) is 0. The van der Waals surface area contributed by atoms with Crippen LogP contribution in [-0.4, -0.2) is 63.9 Å². The molecule has 0 unspecified atom stereocenters. The van der Waals surface area contributed by atoms with Crippen molar-refractivity contribution in [3.63, 3.8) is 0 Å². The van der Waals surface area contributed by atoms with Gasteiger partial charge in [-0.3, -0.25) is 19.4 Å². The number of aromatic nitrogens is 1. The zero-order valence-corrected chi connectivity index (χ0v) is 17.6. The van der Waals surface area contributed by atoms with E-state index in [1.165, 1.54) is 33.6 Å². The topological polar surface area (TPSA) is 79.8 Å². The summed E-state index contributed by atoms with van der Waals surface area (Å²) < 4.78 is 5.10. The van der Waals surface area contributed by atoms with Gasteiger partial charge in [-0.1, -0.05) is 27.7 Å². The quantitative estimate of drug-likeness (QED) is 0.556. The first-order valence-electron chi connectivity index (χ1n) is 8.55. The highest BCUT2D eigenvalue weighted by atomic mass is 33.1. The zero-order chi connectivity index (χ0) is 20.0. The Balaban J connectivity index is 2.27. The molecule has 2 amide bonds. The van der Waals surface area contributed by atoms with Gasteiger partial charge in [-0.25, -0.2) is 0 Å². The molecule has 2 fully saturated rings. The fraction of sp³-hybridized carbons (Fsp3) is 0.556. The molecule has 2 aliphatic rings. The van der Waals surface area contributed by atoms with Gasteiger partial charge in [0.2, 0.25) is 5.91 Å². The van der Waals surface area contributed by atoms with E-state index in [9.17, 15) is 14.4 Å². The lowest BCUT2D eigenvalue weighted by atomic mass is 9.78. The molecule has 2 saturated heterocycles. The molecule has 2 aliphatic heterocycles. The Morgan fingerprint density at radius 3 is 2.67 bits per heavy atom. The number of rotatable bonds is 4. The van der Waals surface area contributed by atoms with E-state index < -0.39 is 28.3 Å². The Bertz CT molecular complexity index is 777. The summed E-state index contributed by atoms with van der Waals surface area (Å²) in [5.41, 5.74) is -0.358. The maximum atomic E-state index is 13.4. The minimum atomic E-state index is -1.17. The number of esters is 1. The first-order valence-corrected chi connectivity index (χ1v) is 11.1. The maximum absolute atomic E-state index is 13.4. The van der Waals surface area contributed by atoms with Crippen LogP contribution in [0.15, 0.2) is 24.5 Å². The molecule has 4 atom stereocenters. The van der Waals surface area contributed by atoms with Crippen molar-refractivity contribution in [2.24, 2.45) is 5.41 Å². The van der Waals surface area contributed by atoms with Crippen molar-refractivity contribution >= 4 is 39.4 Å². The van der Waals surface area contributed by atoms with Crippen molar-refractivity contribution in [1.82, 2.24) is 14.8 Å². The van der Waals surface area contributed by atoms with Gasteiger partial charge in [-0.05, 0) is 31.7 Å². The fourth-order valence-corrected chi connectivity index (χ4v) is 6.77. The Morgan fingerprint density at radius 2 is 2.11 bits per heavy atom. The molecule has 7 nitrogen and oxygen atoms in total. The number of methoxy groups -OCH3 is 1. The van der Waals surface area contributed by atoms with E-state index in [-0.39, 0.29) is 18.2 Å². The van der Waals surface area contributed by atoms with Gasteiger partial charge < -0.3 is 14.5 Å². The van der Waals surface area contributed by atoms with Gasteiger partial charge in [0.1, 0.15) is 6.04 Å². The van der Waals surface area contributed by atoms with Crippen molar-refractivity contribution in [2.45, 2.75) is 37.2 Å². The molecular formula is C18H23N3O4S2. The van der Waals surface area contributed by atoms with Crippen LogP contribution in [0, 0.1) is 5.41 Å². The summed E-state index contributed by atoms with van der Waals surface area (Å²) in [6.45, 7) is 3.48. The van der Waals surface area contributed by atoms with E-state index in [0.717, 1.165) is 0 Å². The van der Waals surface area contributed by atoms with Crippen LogP contribution in [0.25, 0.3) is 0 Å². The standard InChI is InChI=1S/C18H23N3O4S2/c1-11-14(22)21-13(12-7-6-8-19-9-12)17(2,16(24)25-4)10-18(21,27-26-5)15(23)20(11)3/h6-9,11,13H,10H2,1-5H3/t11-,13-,17-,18-/m0/s1. The summed E-state index contributed by atoms with van der Waals surface area (Å²) in [6.07, 6.45) is 5.32. The van der Waals surface area contributed by atoms with E-state index in [1.54, 1.807) is 44.3 Å². The summed E-state index contributed by atoms with van der Waals surface area (Å²) in [6, 6.07) is 2.36. The van der Waals surface area contributed by atoms with Crippen LogP contribution in [0.3, 0.4) is 0 Å². The molecule has 1 aromatic rings. The predicted octanol–water partition coefficient (Wildman–Crippen LogP) is 2.10. The number of hydrogen-bond acceptors (Lipinski definition) is 7. The average molecular weight is 410 g/mol. The molecule has 146 valence electrons. The van der Waals surface area contributed by atoms with E-state index in [4.69, 9.17) is 4.74 Å². The lowest BCUT2D eigenvalue weighted by molar-refractivity contribution is -0.162. The first-order chi connectivity index (χ1) is 12.7. The first kappa shape index (κ1) is 20.0. The van der Waals surface area contributed by atoms with Crippen molar-refractivity contribution in [1.29, 1.82) is 0 Å². The summed E-state index contributed by atoms with van der Waals surface area (Å²) in [7, 11) is 5.70. The third kappa shape index (κ3) is 2.74. The molecule has 0 bridgehead atoms. The van der Waals surface area contributed by atoms with Gasteiger partial charge >= 0.3 is 5.97 Å². The number of hydrogen-bond donors (Lipinski definition) is 0. The molecule has 27 heavy (non-hydrogen) atoms. The van der Waals surface area contributed by atoms with Gasteiger partial charge in [-0.15, -0.1) is 0 Å². The van der Waals surface area contributed by atoms with Crippen molar-refractivity contribution in [3.05, 3.63) is 30.1 Å². The minimum absolute atomic E-state index is 0.171. The molecule has 1 aromatic heterocycles. The highest BCUT2D eigenvalue weighted by molar-refractivity contribution is 8.77. The summed E-state index contributed by atoms with van der Waals surface area (Å²) >= 11 is 0. The Hall–Kier alpha value is -1.74. The van der Waals surface area contributed by atoms with Crippen LogP contribution in [0.5, 0.6) is 0 Å². The SMILES string of the molecule is COC(=O)[C@@]1(C)C[C@]2(SSC)C(=O)N(C)[C@@H](C)C(=O)N2[C@H]1c1cccnc1. The molecule has 9 heteroatoms. The predicted molar refractivity (Wildman–Crippen MR) is 105 cm³/mol. The second-order valence-corrected chi connectivity index (χ2v) is 9.78. The average Bonchev–Trinajstić information content (AvgIpc) is 2.95. The molecule has 3 rings (SSSR count). The van der Waals surface area contributed by atoms with Crippen LogP contribution < -0.4 is 0 Å². The maximum Gasteiger partial charge on any atom is 0.314 e. The highest BCUT2D eigenvalue weighted by Gasteiger charge is 2.70. The van der Waals surface area contributed by atoms with Gasteiger partial charge in [0.25, 0.3) is 5.91 Å². The van der Waals surface area contributed by atoms with E-state index in [0.29, 0.717) is 5.56 Å². The number of carbonyl (C=O) groups excluding carboxylic acids is 3. The molecule has 0 aromatic carbocycles. The molecule has 0 saturated carbocycles. The van der Waals surface area contributed by atoms with Crippen LogP contribution in [0.2, 0.25) is 0 Å². The normalized spacial score (nSPS) is 33.2. The third-order valence-electron chi connectivity index (χ3n) is 5.56. The van der Waals surface area contributed by atoms with E-state index in [1.807, 2.05) is 12.3 Å². The minimum Gasteiger partial charge on any atom is -0.469 e. The number of fused-ring (bicyclic) bond motifs is 1. The number of piperazine rings is 1. The van der Waals surface area contributed by atoms with Crippen molar-refractivity contribution in [2.75, 3.05) is 20.4 Å². The molecule has 0 N–H and O–H groups in total. The zero-order valence-electron chi connectivity index (χ0n) is 16.0. The largest absolute Gasteiger partial charge is 0.469 e. The second-order valence-electron chi connectivity index (χ2n) is 7.11. The molecule has 0 aliphatic carbocycles. The van der Waals surface area contributed by atoms with Crippen LogP contribution >= 0.6 is 21.6 Å². The van der Waals surface area contributed by atoms with Gasteiger partial charge in [-0.2, -0.15) is 0 Å². The molecule has 0 spiro atoms. The van der Waals surface area contributed by atoms with Crippen molar-refractivity contribution < 1.29 is 19.1 Å². The van der Waals surface area contributed by atoms with Crippen LogP contribution in [0.4, 0.5) is 0 Å². The summed E-state index contributed by atoms with van der Waals surface area (Å²) in [5.74, 6) is -0.793. The smallest absolute Gasteiger partial charge is 0.314 e. The lowest BCUT2D eigenvalue weighted by Gasteiger charge is -2.48. The number of nitrogens with zero attached hydrogens (tertiary/aromatic N) is 3. The number of carbonyl (C=O) groups is 3.